The van der Waals surface area contributed by atoms with Gasteiger partial charge in [0.15, 0.2) is 0 Å². The van der Waals surface area contributed by atoms with Crippen LogP contribution >= 0.6 is 0 Å². The Bertz CT molecular complexity index is 2160. The molecule has 0 heteroatoms. The molecule has 0 aromatic heterocycles. The highest BCUT2D eigenvalue weighted by atomic mass is 14.2. The van der Waals surface area contributed by atoms with Crippen LogP contribution in [0.15, 0.2) is 170 Å². The second-order valence-electron chi connectivity index (χ2n) is 10.9. The van der Waals surface area contributed by atoms with E-state index in [2.05, 4.69) is 170 Å². The van der Waals surface area contributed by atoms with Crippen molar-refractivity contribution in [3.8, 4) is 44.5 Å². The van der Waals surface area contributed by atoms with Crippen LogP contribution in [0.3, 0.4) is 0 Å². The molecule has 196 valence electrons. The molecule has 0 radical (unpaired) electrons. The van der Waals surface area contributed by atoms with Crippen molar-refractivity contribution in [1.29, 1.82) is 0 Å². The van der Waals surface area contributed by atoms with Gasteiger partial charge in [-0.25, -0.2) is 0 Å². The first-order chi connectivity index (χ1) is 20.8. The lowest BCUT2D eigenvalue weighted by Gasteiger charge is -2.19. The fourth-order valence-electron chi connectivity index (χ4n) is 6.51. The molecule has 8 rings (SSSR count). The van der Waals surface area contributed by atoms with Crippen molar-refractivity contribution >= 4 is 32.3 Å². The predicted octanol–water partition coefficient (Wildman–Crippen LogP) is 11.8. The van der Waals surface area contributed by atoms with Crippen molar-refractivity contribution in [1.82, 2.24) is 0 Å². The highest BCUT2D eigenvalue weighted by Crippen LogP contribution is 2.45. The third-order valence-electron chi connectivity index (χ3n) is 8.47. The van der Waals surface area contributed by atoms with E-state index in [1.165, 1.54) is 76.8 Å². The van der Waals surface area contributed by atoms with Crippen LogP contribution in [0, 0.1) is 0 Å². The summed E-state index contributed by atoms with van der Waals surface area (Å²) in [4.78, 5) is 0. The Labute approximate surface area is 246 Å². The van der Waals surface area contributed by atoms with Gasteiger partial charge in [-0.1, -0.05) is 164 Å². The van der Waals surface area contributed by atoms with Gasteiger partial charge in [0.05, 0.1) is 0 Å². The van der Waals surface area contributed by atoms with Crippen LogP contribution in [-0.2, 0) is 0 Å². The summed E-state index contributed by atoms with van der Waals surface area (Å²) in [6, 6.07) is 61.7. The molecule has 0 saturated heterocycles. The van der Waals surface area contributed by atoms with Gasteiger partial charge >= 0.3 is 0 Å². The lowest BCUT2D eigenvalue weighted by Crippen LogP contribution is -1.92. The molecular weight excluding hydrogens is 504 g/mol. The molecule has 0 aliphatic rings. The van der Waals surface area contributed by atoms with Gasteiger partial charge in [0.1, 0.15) is 0 Å². The molecule has 0 aliphatic heterocycles. The van der Waals surface area contributed by atoms with Crippen LogP contribution in [0.2, 0.25) is 0 Å². The van der Waals surface area contributed by atoms with Crippen molar-refractivity contribution in [2.24, 2.45) is 0 Å². The van der Waals surface area contributed by atoms with Gasteiger partial charge in [0.2, 0.25) is 0 Å². The average molecular weight is 533 g/mol. The van der Waals surface area contributed by atoms with Gasteiger partial charge < -0.3 is 0 Å². The van der Waals surface area contributed by atoms with Gasteiger partial charge in [0.25, 0.3) is 0 Å². The summed E-state index contributed by atoms with van der Waals surface area (Å²) < 4.78 is 0. The fraction of sp³-hybridized carbons (Fsp3) is 0. The largest absolute Gasteiger partial charge is 0.0622 e. The molecule has 0 unspecified atom stereocenters. The molecule has 0 amide bonds. The van der Waals surface area contributed by atoms with E-state index < -0.39 is 0 Å². The minimum Gasteiger partial charge on any atom is -0.0622 e. The number of hydrogen-bond donors (Lipinski definition) is 0. The second kappa shape index (κ2) is 10.2. The van der Waals surface area contributed by atoms with E-state index in [1.54, 1.807) is 0 Å². The first-order valence-electron chi connectivity index (χ1n) is 14.5. The Morgan fingerprint density at radius 1 is 0.238 bits per heavy atom. The van der Waals surface area contributed by atoms with Crippen LogP contribution in [0.4, 0.5) is 0 Å². The van der Waals surface area contributed by atoms with E-state index in [0.29, 0.717) is 0 Å². The normalized spacial score (nSPS) is 11.3. The van der Waals surface area contributed by atoms with E-state index in [-0.39, 0.29) is 0 Å². The number of fused-ring (bicyclic) bond motifs is 3. The third kappa shape index (κ3) is 4.08. The van der Waals surface area contributed by atoms with Crippen LogP contribution in [-0.4, -0.2) is 0 Å². The Morgan fingerprint density at radius 3 is 1.33 bits per heavy atom. The van der Waals surface area contributed by atoms with E-state index >= 15 is 0 Å². The summed E-state index contributed by atoms with van der Waals surface area (Å²) in [5.74, 6) is 0. The van der Waals surface area contributed by atoms with Crippen molar-refractivity contribution in [2.45, 2.75) is 0 Å². The van der Waals surface area contributed by atoms with Crippen molar-refractivity contribution < 1.29 is 0 Å². The maximum Gasteiger partial charge on any atom is -0.00201 e. The van der Waals surface area contributed by atoms with Crippen LogP contribution in [0.5, 0.6) is 0 Å². The van der Waals surface area contributed by atoms with Crippen molar-refractivity contribution in [3.63, 3.8) is 0 Å². The maximum absolute atomic E-state index is 2.35. The van der Waals surface area contributed by atoms with E-state index in [9.17, 15) is 0 Å². The Kier molecular flexibility index (Phi) is 5.90. The average Bonchev–Trinajstić information content (AvgIpc) is 3.07. The van der Waals surface area contributed by atoms with Crippen LogP contribution in [0.25, 0.3) is 76.8 Å². The van der Waals surface area contributed by atoms with Gasteiger partial charge in [-0.2, -0.15) is 0 Å². The standard InChI is InChI=1S/C42H28/c1-2-12-29(13-3-1)30-24-26-31(27-25-30)33-16-10-17-34(28-33)41-37-19-6-8-21-39(37)42(40-22-9-7-20-38(40)41)36-23-11-15-32-14-4-5-18-35(32)36/h1-28H. The van der Waals surface area contributed by atoms with Gasteiger partial charge in [-0.05, 0) is 82.9 Å². The maximum atomic E-state index is 2.35. The van der Waals surface area contributed by atoms with Crippen molar-refractivity contribution in [2.75, 3.05) is 0 Å². The molecule has 42 heavy (non-hydrogen) atoms. The molecule has 8 aromatic rings. The zero-order chi connectivity index (χ0) is 27.9. The first kappa shape index (κ1) is 24.3. The highest BCUT2D eigenvalue weighted by molar-refractivity contribution is 6.23. The predicted molar refractivity (Wildman–Crippen MR) is 181 cm³/mol. The van der Waals surface area contributed by atoms with E-state index in [4.69, 9.17) is 0 Å². The Balaban J connectivity index is 1.34. The molecule has 0 spiro atoms. The molecule has 0 fully saturated rings. The lowest BCUT2D eigenvalue weighted by molar-refractivity contribution is 1.59. The highest BCUT2D eigenvalue weighted by Gasteiger charge is 2.18. The van der Waals surface area contributed by atoms with E-state index in [0.717, 1.165) is 0 Å². The molecule has 0 bridgehead atoms. The molecular formula is C42H28. The number of benzene rings is 8. The topological polar surface area (TPSA) is 0 Å². The fourth-order valence-corrected chi connectivity index (χ4v) is 6.51. The third-order valence-corrected chi connectivity index (χ3v) is 8.47. The molecule has 0 N–H and O–H groups in total. The Hall–Kier alpha value is -5.46. The lowest BCUT2D eigenvalue weighted by atomic mass is 9.84. The zero-order valence-electron chi connectivity index (χ0n) is 23.2. The summed E-state index contributed by atoms with van der Waals surface area (Å²) in [5.41, 5.74) is 10.0. The van der Waals surface area contributed by atoms with Gasteiger partial charge in [0, 0.05) is 0 Å². The van der Waals surface area contributed by atoms with Crippen molar-refractivity contribution in [3.05, 3.63) is 170 Å². The minimum atomic E-state index is 1.22. The van der Waals surface area contributed by atoms with E-state index in [1.807, 2.05) is 0 Å². The summed E-state index contributed by atoms with van der Waals surface area (Å²) in [7, 11) is 0. The monoisotopic (exact) mass is 532 g/mol. The first-order valence-corrected chi connectivity index (χ1v) is 14.5. The second-order valence-corrected chi connectivity index (χ2v) is 10.9. The summed E-state index contributed by atoms with van der Waals surface area (Å²) in [5, 5.41) is 7.65. The number of rotatable bonds is 4. The van der Waals surface area contributed by atoms with Crippen LogP contribution in [0.1, 0.15) is 0 Å². The number of hydrogen-bond acceptors (Lipinski definition) is 0. The molecule has 0 nitrogen and oxygen atoms in total. The molecule has 0 heterocycles. The molecule has 8 aromatic carbocycles. The summed E-state index contributed by atoms with van der Waals surface area (Å²) in [6.45, 7) is 0. The quantitative estimate of drug-likeness (QED) is 0.198. The minimum absolute atomic E-state index is 1.22. The smallest absolute Gasteiger partial charge is 0.00201 e. The Morgan fingerprint density at radius 2 is 0.667 bits per heavy atom. The molecule has 0 atom stereocenters. The molecule has 0 aliphatic carbocycles. The zero-order valence-corrected chi connectivity index (χ0v) is 23.2. The SMILES string of the molecule is c1ccc(-c2ccc(-c3cccc(-c4c5ccccc5c(-c5cccc6ccccc56)c5ccccc45)c3)cc2)cc1. The van der Waals surface area contributed by atoms with Gasteiger partial charge in [-0.3, -0.25) is 0 Å². The van der Waals surface area contributed by atoms with Crippen LogP contribution < -0.4 is 0 Å². The van der Waals surface area contributed by atoms with Gasteiger partial charge in [-0.15, -0.1) is 0 Å². The summed E-state index contributed by atoms with van der Waals surface area (Å²) in [6.07, 6.45) is 0. The molecule has 0 saturated carbocycles. The summed E-state index contributed by atoms with van der Waals surface area (Å²) >= 11 is 0.